The Morgan fingerprint density at radius 2 is 2.21 bits per heavy atom. The Balaban J connectivity index is 2.71. The number of hydrogen-bond acceptors (Lipinski definition) is 4. The van der Waals surface area contributed by atoms with Crippen molar-refractivity contribution in [3.63, 3.8) is 0 Å². The molecule has 0 aliphatic carbocycles. The highest BCUT2D eigenvalue weighted by Crippen LogP contribution is 2.23. The number of nitrogens with two attached hydrogens (primary N) is 1. The van der Waals surface area contributed by atoms with E-state index in [1.807, 2.05) is 0 Å². The van der Waals surface area contributed by atoms with Crippen LogP contribution < -0.4 is 5.73 Å². The summed E-state index contributed by atoms with van der Waals surface area (Å²) in [6, 6.07) is 1.30. The van der Waals surface area contributed by atoms with Crippen LogP contribution in [-0.2, 0) is 0 Å². The van der Waals surface area contributed by atoms with Gasteiger partial charge in [-0.2, -0.15) is 0 Å². The summed E-state index contributed by atoms with van der Waals surface area (Å²) in [5.74, 6) is -0.498. The minimum absolute atomic E-state index is 0.00278. The fraction of sp³-hybridized carbons (Fsp3) is 0.429. The van der Waals surface area contributed by atoms with Crippen molar-refractivity contribution in [1.29, 1.82) is 0 Å². The molecule has 0 aliphatic rings. The summed E-state index contributed by atoms with van der Waals surface area (Å²) in [6.45, 7) is 0. The van der Waals surface area contributed by atoms with Gasteiger partial charge in [0, 0.05) is 6.42 Å². The summed E-state index contributed by atoms with van der Waals surface area (Å²) in [6.07, 6.45) is -3.14. The molecule has 0 saturated heterocycles. The van der Waals surface area contributed by atoms with Crippen molar-refractivity contribution in [3.05, 3.63) is 28.0 Å². The van der Waals surface area contributed by atoms with Crippen LogP contribution >= 0.6 is 0 Å². The SMILES string of the molecule is N[C@H](CC(F)F)c1ccc([N+](=O)[O-])o1. The lowest BCUT2D eigenvalue weighted by atomic mass is 10.2. The molecular weight excluding hydrogens is 198 g/mol. The smallest absolute Gasteiger partial charge is 0.404 e. The summed E-state index contributed by atoms with van der Waals surface area (Å²) < 4.78 is 28.4. The molecule has 1 atom stereocenters. The van der Waals surface area contributed by atoms with Crippen molar-refractivity contribution in [3.8, 4) is 0 Å². The third-order valence-corrected chi connectivity index (χ3v) is 1.59. The first kappa shape index (κ1) is 10.6. The van der Waals surface area contributed by atoms with Crippen molar-refractivity contribution in [1.82, 2.24) is 0 Å². The lowest BCUT2D eigenvalue weighted by Gasteiger charge is -2.05. The van der Waals surface area contributed by atoms with E-state index in [9.17, 15) is 18.9 Å². The van der Waals surface area contributed by atoms with Crippen LogP contribution in [0.2, 0.25) is 0 Å². The van der Waals surface area contributed by atoms with Crippen LogP contribution in [0.25, 0.3) is 0 Å². The molecule has 1 rings (SSSR count). The van der Waals surface area contributed by atoms with Crippen LogP contribution in [0.15, 0.2) is 16.5 Å². The van der Waals surface area contributed by atoms with Gasteiger partial charge in [0.25, 0.3) is 0 Å². The van der Waals surface area contributed by atoms with E-state index in [2.05, 4.69) is 4.42 Å². The molecule has 5 nitrogen and oxygen atoms in total. The van der Waals surface area contributed by atoms with Crippen molar-refractivity contribution >= 4 is 5.88 Å². The molecule has 0 aromatic carbocycles. The molecule has 0 saturated carbocycles. The summed E-state index contributed by atoms with van der Waals surface area (Å²) in [5.41, 5.74) is 5.31. The molecule has 0 amide bonds. The van der Waals surface area contributed by atoms with Crippen molar-refractivity contribution in [2.75, 3.05) is 0 Å². The van der Waals surface area contributed by atoms with Crippen LogP contribution in [0, 0.1) is 10.1 Å². The average molecular weight is 206 g/mol. The summed E-state index contributed by atoms with van der Waals surface area (Å²) in [4.78, 5) is 9.43. The van der Waals surface area contributed by atoms with E-state index in [-0.39, 0.29) is 5.76 Å². The van der Waals surface area contributed by atoms with E-state index >= 15 is 0 Å². The first-order valence-electron chi connectivity index (χ1n) is 3.78. The quantitative estimate of drug-likeness (QED) is 0.601. The highest BCUT2D eigenvalue weighted by Gasteiger charge is 2.19. The van der Waals surface area contributed by atoms with E-state index in [0.717, 1.165) is 6.07 Å². The second-order valence-electron chi connectivity index (χ2n) is 2.67. The maximum Gasteiger partial charge on any atom is 0.433 e. The van der Waals surface area contributed by atoms with Gasteiger partial charge in [-0.05, 0) is 6.07 Å². The van der Waals surface area contributed by atoms with Gasteiger partial charge in [-0.25, -0.2) is 8.78 Å². The van der Waals surface area contributed by atoms with E-state index in [0.29, 0.717) is 0 Å². The van der Waals surface area contributed by atoms with Gasteiger partial charge in [-0.1, -0.05) is 0 Å². The number of rotatable bonds is 4. The van der Waals surface area contributed by atoms with Gasteiger partial charge in [-0.15, -0.1) is 0 Å². The van der Waals surface area contributed by atoms with Crippen LogP contribution in [0.5, 0.6) is 0 Å². The Kier molecular flexibility index (Phi) is 3.13. The first-order valence-corrected chi connectivity index (χ1v) is 3.78. The van der Waals surface area contributed by atoms with Gasteiger partial charge in [-0.3, -0.25) is 10.1 Å². The lowest BCUT2D eigenvalue weighted by Crippen LogP contribution is -2.12. The summed E-state index contributed by atoms with van der Waals surface area (Å²) >= 11 is 0. The van der Waals surface area contributed by atoms with E-state index in [1.54, 1.807) is 0 Å². The minimum Gasteiger partial charge on any atom is -0.404 e. The van der Waals surface area contributed by atoms with Gasteiger partial charge in [0.1, 0.15) is 10.7 Å². The van der Waals surface area contributed by atoms with Crippen molar-refractivity contribution < 1.29 is 18.1 Å². The Morgan fingerprint density at radius 3 is 2.64 bits per heavy atom. The third kappa shape index (κ3) is 2.49. The standard InChI is InChI=1S/C7H8F2N2O3/c8-6(9)3-4(10)5-1-2-7(14-5)11(12)13/h1-2,4,6H,3,10H2/t4-/m1/s1. The Bertz CT molecular complexity index is 326. The van der Waals surface area contributed by atoms with Gasteiger partial charge >= 0.3 is 5.88 Å². The van der Waals surface area contributed by atoms with Crippen LogP contribution in [0.3, 0.4) is 0 Å². The number of nitrogens with zero attached hydrogens (tertiary/aromatic N) is 1. The fourth-order valence-electron chi connectivity index (χ4n) is 0.948. The van der Waals surface area contributed by atoms with Gasteiger partial charge in [0.05, 0.1) is 12.1 Å². The molecule has 0 aliphatic heterocycles. The predicted octanol–water partition coefficient (Wildman–Crippen LogP) is 1.84. The molecule has 1 heterocycles. The van der Waals surface area contributed by atoms with Crippen molar-refractivity contribution in [2.24, 2.45) is 5.73 Å². The zero-order chi connectivity index (χ0) is 10.7. The average Bonchev–Trinajstić information content (AvgIpc) is 2.50. The summed E-state index contributed by atoms with van der Waals surface area (Å²) in [5, 5.41) is 10.2. The maximum atomic E-state index is 11.9. The molecular formula is C7H8F2N2O3. The van der Waals surface area contributed by atoms with Crippen LogP contribution in [0.4, 0.5) is 14.7 Å². The molecule has 7 heteroatoms. The Labute approximate surface area is 77.6 Å². The number of halogens is 2. The fourth-order valence-corrected chi connectivity index (χ4v) is 0.948. The lowest BCUT2D eigenvalue weighted by molar-refractivity contribution is -0.402. The monoisotopic (exact) mass is 206 g/mol. The minimum atomic E-state index is -2.56. The molecule has 0 radical (unpaired) electrons. The van der Waals surface area contributed by atoms with Gasteiger partial charge in [0.15, 0.2) is 0 Å². The predicted molar refractivity (Wildman–Crippen MR) is 42.9 cm³/mol. The van der Waals surface area contributed by atoms with E-state index in [1.165, 1.54) is 6.07 Å². The molecule has 2 N–H and O–H groups in total. The van der Waals surface area contributed by atoms with Gasteiger partial charge < -0.3 is 10.2 Å². The van der Waals surface area contributed by atoms with Crippen LogP contribution in [0.1, 0.15) is 18.2 Å². The molecule has 1 aromatic heterocycles. The first-order chi connectivity index (χ1) is 6.50. The topological polar surface area (TPSA) is 82.3 Å². The second kappa shape index (κ2) is 4.14. The molecule has 0 unspecified atom stereocenters. The van der Waals surface area contributed by atoms with E-state index < -0.39 is 29.7 Å². The number of furan rings is 1. The molecule has 1 aromatic rings. The second-order valence-corrected chi connectivity index (χ2v) is 2.67. The number of alkyl halides is 2. The zero-order valence-corrected chi connectivity index (χ0v) is 7.02. The zero-order valence-electron chi connectivity index (χ0n) is 7.02. The molecule has 0 fully saturated rings. The molecule has 14 heavy (non-hydrogen) atoms. The normalized spacial score (nSPS) is 13.1. The van der Waals surface area contributed by atoms with Crippen molar-refractivity contribution in [2.45, 2.75) is 18.9 Å². The third-order valence-electron chi connectivity index (χ3n) is 1.59. The summed E-state index contributed by atoms with van der Waals surface area (Å²) in [7, 11) is 0. The maximum absolute atomic E-state index is 11.9. The molecule has 0 spiro atoms. The Morgan fingerprint density at radius 1 is 1.57 bits per heavy atom. The Hall–Kier alpha value is -1.50. The van der Waals surface area contributed by atoms with Gasteiger partial charge in [0.2, 0.25) is 6.43 Å². The highest BCUT2D eigenvalue weighted by molar-refractivity contribution is 5.19. The van der Waals surface area contributed by atoms with E-state index in [4.69, 9.17) is 5.73 Å². The highest BCUT2D eigenvalue weighted by atomic mass is 19.3. The number of hydrogen-bond donors (Lipinski definition) is 1. The molecule has 78 valence electrons. The molecule has 0 bridgehead atoms. The van der Waals surface area contributed by atoms with Crippen LogP contribution in [-0.4, -0.2) is 11.3 Å². The largest absolute Gasteiger partial charge is 0.433 e. The number of nitro groups is 1.